The number of nitrogens with zero attached hydrogens (tertiary/aromatic N) is 3. The molecule has 2 heterocycles. The minimum absolute atomic E-state index is 0.109. The van der Waals surface area contributed by atoms with Gasteiger partial charge in [0.05, 0.1) is 31.4 Å². The molecule has 0 unspecified atom stereocenters. The minimum Gasteiger partial charge on any atom is -0.496 e. The van der Waals surface area contributed by atoms with Crippen molar-refractivity contribution in [1.29, 1.82) is 0 Å². The third-order valence-corrected chi connectivity index (χ3v) is 6.15. The SMILES string of the molecule is CCOC(=O)C1=C(CSc2nnc(-c3ccccc3OC)n2-c2ccc(C)cc2)NC(=O)NC1. The van der Waals surface area contributed by atoms with Gasteiger partial charge in [-0.25, -0.2) is 9.59 Å². The van der Waals surface area contributed by atoms with Crippen LogP contribution in [0.1, 0.15) is 12.5 Å². The number of nitrogens with one attached hydrogen (secondary N) is 2. The van der Waals surface area contributed by atoms with Crippen molar-refractivity contribution in [2.75, 3.05) is 26.0 Å². The Morgan fingerprint density at radius 1 is 1.15 bits per heavy atom. The molecule has 34 heavy (non-hydrogen) atoms. The Hall–Kier alpha value is -3.79. The average molecular weight is 480 g/mol. The summed E-state index contributed by atoms with van der Waals surface area (Å²) in [6.07, 6.45) is 0. The van der Waals surface area contributed by atoms with Crippen molar-refractivity contribution in [3.05, 3.63) is 65.4 Å². The molecule has 10 heteroatoms. The van der Waals surface area contributed by atoms with E-state index in [0.717, 1.165) is 16.8 Å². The highest BCUT2D eigenvalue weighted by molar-refractivity contribution is 7.99. The van der Waals surface area contributed by atoms with Crippen molar-refractivity contribution >= 4 is 23.8 Å². The summed E-state index contributed by atoms with van der Waals surface area (Å²) in [6, 6.07) is 15.3. The molecule has 9 nitrogen and oxygen atoms in total. The summed E-state index contributed by atoms with van der Waals surface area (Å²) in [5.41, 5.74) is 3.69. The number of benzene rings is 2. The standard InChI is InChI=1S/C24H25N5O4S/c1-4-33-22(30)18-13-25-23(31)26-19(18)14-34-24-28-27-21(17-7-5-6-8-20(17)32-3)29(24)16-11-9-15(2)10-12-16/h5-12H,4,13-14H2,1-3H3,(H2,25,26,31). The first kappa shape index (κ1) is 23.4. The molecule has 0 saturated carbocycles. The first-order valence-corrected chi connectivity index (χ1v) is 11.7. The fourth-order valence-electron chi connectivity index (χ4n) is 3.50. The van der Waals surface area contributed by atoms with Gasteiger partial charge < -0.3 is 20.1 Å². The summed E-state index contributed by atoms with van der Waals surface area (Å²) in [4.78, 5) is 24.3. The first-order valence-electron chi connectivity index (χ1n) is 10.7. The minimum atomic E-state index is -0.458. The molecule has 1 aliphatic rings. The highest BCUT2D eigenvalue weighted by Crippen LogP contribution is 2.33. The fraction of sp³-hybridized carbons (Fsp3) is 0.250. The van der Waals surface area contributed by atoms with E-state index >= 15 is 0 Å². The Kier molecular flexibility index (Phi) is 7.17. The van der Waals surface area contributed by atoms with E-state index in [0.29, 0.717) is 33.8 Å². The lowest BCUT2D eigenvalue weighted by molar-refractivity contribution is -0.138. The molecule has 4 rings (SSSR count). The highest BCUT2D eigenvalue weighted by Gasteiger charge is 2.25. The predicted octanol–water partition coefficient (Wildman–Crippen LogP) is 3.47. The van der Waals surface area contributed by atoms with Crippen molar-refractivity contribution in [3.63, 3.8) is 0 Å². The number of methoxy groups -OCH3 is 1. The second-order valence-corrected chi connectivity index (χ2v) is 8.39. The number of hydrogen-bond acceptors (Lipinski definition) is 7. The van der Waals surface area contributed by atoms with Crippen molar-refractivity contribution in [3.8, 4) is 22.8 Å². The molecular weight excluding hydrogens is 454 g/mol. The molecule has 1 aromatic heterocycles. The molecule has 2 aromatic carbocycles. The number of esters is 1. The molecule has 176 valence electrons. The second kappa shape index (κ2) is 10.4. The van der Waals surface area contributed by atoms with Crippen molar-refractivity contribution < 1.29 is 19.1 Å². The molecule has 0 bridgehead atoms. The Balaban J connectivity index is 1.73. The van der Waals surface area contributed by atoms with Crippen molar-refractivity contribution in [1.82, 2.24) is 25.4 Å². The summed E-state index contributed by atoms with van der Waals surface area (Å²) < 4.78 is 12.6. The van der Waals surface area contributed by atoms with Gasteiger partial charge in [-0.2, -0.15) is 0 Å². The average Bonchev–Trinajstić information content (AvgIpc) is 3.27. The summed E-state index contributed by atoms with van der Waals surface area (Å²) >= 11 is 1.36. The molecule has 0 spiro atoms. The maximum absolute atomic E-state index is 12.4. The fourth-order valence-corrected chi connectivity index (χ4v) is 4.44. The Labute approximate surface area is 201 Å². The van der Waals surface area contributed by atoms with Crippen LogP contribution in [0, 0.1) is 6.92 Å². The molecule has 0 saturated heterocycles. The predicted molar refractivity (Wildman–Crippen MR) is 129 cm³/mol. The number of amides is 2. The van der Waals surface area contributed by atoms with E-state index in [1.807, 2.05) is 60.0 Å². The second-order valence-electron chi connectivity index (χ2n) is 7.45. The van der Waals surface area contributed by atoms with Crippen molar-refractivity contribution in [2.45, 2.75) is 19.0 Å². The Morgan fingerprint density at radius 2 is 1.91 bits per heavy atom. The molecular formula is C24H25N5O4S. The van der Waals surface area contributed by atoms with Crippen LogP contribution in [0.3, 0.4) is 0 Å². The molecule has 1 aliphatic heterocycles. The molecule has 0 fully saturated rings. The van der Waals surface area contributed by atoms with Crippen LogP contribution < -0.4 is 15.4 Å². The van der Waals surface area contributed by atoms with Gasteiger partial charge in [-0.1, -0.05) is 41.6 Å². The normalized spacial score (nSPS) is 13.3. The van der Waals surface area contributed by atoms with E-state index < -0.39 is 5.97 Å². The molecule has 3 aromatic rings. The largest absolute Gasteiger partial charge is 0.496 e. The van der Waals surface area contributed by atoms with Crippen LogP contribution >= 0.6 is 11.8 Å². The van der Waals surface area contributed by atoms with Crippen LogP contribution in [-0.4, -0.2) is 52.8 Å². The Bertz CT molecular complexity index is 1240. The van der Waals surface area contributed by atoms with Gasteiger partial charge in [-0.15, -0.1) is 10.2 Å². The van der Waals surface area contributed by atoms with Gasteiger partial charge in [0.1, 0.15) is 5.75 Å². The number of hydrogen-bond donors (Lipinski definition) is 2. The number of aryl methyl sites for hydroxylation is 1. The summed E-state index contributed by atoms with van der Waals surface area (Å²) in [7, 11) is 1.62. The number of rotatable bonds is 8. The number of aromatic nitrogens is 3. The lowest BCUT2D eigenvalue weighted by Gasteiger charge is -2.21. The lowest BCUT2D eigenvalue weighted by atomic mass is 10.1. The molecule has 0 atom stereocenters. The van der Waals surface area contributed by atoms with E-state index in [1.54, 1.807) is 14.0 Å². The topological polar surface area (TPSA) is 107 Å². The van der Waals surface area contributed by atoms with Crippen LogP contribution in [0.2, 0.25) is 0 Å². The summed E-state index contributed by atoms with van der Waals surface area (Å²) in [6.45, 7) is 4.12. The lowest BCUT2D eigenvalue weighted by Crippen LogP contribution is -2.44. The number of para-hydroxylation sites is 1. The number of carbonyl (C=O) groups is 2. The van der Waals surface area contributed by atoms with E-state index in [2.05, 4.69) is 20.8 Å². The molecule has 0 radical (unpaired) electrons. The Morgan fingerprint density at radius 3 is 2.65 bits per heavy atom. The molecule has 0 aliphatic carbocycles. The molecule has 2 N–H and O–H groups in total. The number of urea groups is 1. The maximum atomic E-state index is 12.4. The van der Waals surface area contributed by atoms with Crippen LogP contribution in [0.25, 0.3) is 17.1 Å². The van der Waals surface area contributed by atoms with Crippen molar-refractivity contribution in [2.24, 2.45) is 0 Å². The van der Waals surface area contributed by atoms with E-state index in [1.165, 1.54) is 11.8 Å². The van der Waals surface area contributed by atoms with Crippen LogP contribution in [0.4, 0.5) is 4.79 Å². The van der Waals surface area contributed by atoms with Gasteiger partial charge in [-0.3, -0.25) is 4.57 Å². The highest BCUT2D eigenvalue weighted by atomic mass is 32.2. The van der Waals surface area contributed by atoms with Gasteiger partial charge in [0.2, 0.25) is 0 Å². The first-order chi connectivity index (χ1) is 16.5. The zero-order valence-electron chi connectivity index (χ0n) is 19.1. The summed E-state index contributed by atoms with van der Waals surface area (Å²) in [5.74, 6) is 1.15. The van der Waals surface area contributed by atoms with E-state index in [9.17, 15) is 9.59 Å². The quantitative estimate of drug-likeness (QED) is 0.376. The van der Waals surface area contributed by atoms with Crippen LogP contribution in [-0.2, 0) is 9.53 Å². The van der Waals surface area contributed by atoms with Crippen LogP contribution in [0.5, 0.6) is 5.75 Å². The number of carbonyl (C=O) groups excluding carboxylic acids is 2. The van der Waals surface area contributed by atoms with E-state index in [4.69, 9.17) is 9.47 Å². The van der Waals surface area contributed by atoms with E-state index in [-0.39, 0.29) is 19.2 Å². The number of ether oxygens (including phenoxy) is 2. The zero-order chi connectivity index (χ0) is 24.1. The van der Waals surface area contributed by atoms with Crippen LogP contribution in [0.15, 0.2) is 65.0 Å². The zero-order valence-corrected chi connectivity index (χ0v) is 19.9. The van der Waals surface area contributed by atoms with Gasteiger partial charge >= 0.3 is 12.0 Å². The number of thioether (sulfide) groups is 1. The smallest absolute Gasteiger partial charge is 0.337 e. The third kappa shape index (κ3) is 4.91. The summed E-state index contributed by atoms with van der Waals surface area (Å²) in [5, 5.41) is 14.8. The monoisotopic (exact) mass is 479 g/mol. The third-order valence-electron chi connectivity index (χ3n) is 5.20. The molecule has 2 amide bonds. The van der Waals surface area contributed by atoms with Gasteiger partial charge in [0.15, 0.2) is 11.0 Å². The van der Waals surface area contributed by atoms with Gasteiger partial charge in [-0.05, 0) is 38.1 Å². The maximum Gasteiger partial charge on any atom is 0.337 e. The van der Waals surface area contributed by atoms with Gasteiger partial charge in [0.25, 0.3) is 0 Å². The van der Waals surface area contributed by atoms with Gasteiger partial charge in [0, 0.05) is 17.1 Å².